The molecule has 288 valence electrons. The summed E-state index contributed by atoms with van der Waals surface area (Å²) in [5.41, 5.74) is 1.38. The number of nitrogens with one attached hydrogen (secondary N) is 4. The summed E-state index contributed by atoms with van der Waals surface area (Å²) in [5.74, 6) is -4.70. The number of halogens is 4. The Morgan fingerprint density at radius 3 is 2.56 bits per heavy atom. The molecule has 7 rings (SSSR count). The molecule has 13 nitrogen and oxygen atoms in total. The molecule has 17 heteroatoms. The molecule has 3 saturated heterocycles. The number of amides is 3. The minimum Gasteiger partial charge on any atom is -0.492 e. The smallest absolute Gasteiger partial charge is 0.273 e. The maximum atomic E-state index is 15.9. The summed E-state index contributed by atoms with van der Waals surface area (Å²) in [7, 11) is 1.34. The van der Waals surface area contributed by atoms with Gasteiger partial charge in [0.05, 0.1) is 36.4 Å². The summed E-state index contributed by atoms with van der Waals surface area (Å²) in [6, 6.07) is 14.6. The largest absolute Gasteiger partial charge is 0.492 e. The fourth-order valence-corrected chi connectivity index (χ4v) is 7.61. The molecule has 4 N–H and O–H groups in total. The third kappa shape index (κ3) is 7.73. The van der Waals surface area contributed by atoms with Crippen LogP contribution >= 0.6 is 11.6 Å². The Balaban J connectivity index is 0.975. The minimum atomic E-state index is -2.95. The van der Waals surface area contributed by atoms with Crippen LogP contribution in [0.15, 0.2) is 60.8 Å². The molecule has 0 radical (unpaired) electrons. The summed E-state index contributed by atoms with van der Waals surface area (Å²) in [6.45, 7) is 2.82. The number of pyridine rings is 1. The first kappa shape index (κ1) is 37.8. The van der Waals surface area contributed by atoms with E-state index in [0.29, 0.717) is 42.3 Å². The number of likely N-dealkylation sites (tertiary alicyclic amines) is 1. The standard InChI is InChI=1S/C38H39ClF3N9O4/c1-3-43-36(54)33-29(45-28-6-4-5-27(40)34(28)55-2)16-31(48-49-33)46-30-11-7-22(17-44-30)18-50-14-13-37(38(41,42)21-50)19-51(20-37)23-8-10-26(39)25(15-23)24-9-12-32(52)47-35(24)53/h4-8,10-11,15-17,24H,3,9,12-14,18-21H2,1-2H3,(H,43,54)(H,47,52,53)(H2,44,45,46,48). The number of hydrogen-bond acceptors (Lipinski definition) is 11. The second kappa shape index (κ2) is 15.3. The van der Waals surface area contributed by atoms with Crippen molar-refractivity contribution in [3.8, 4) is 5.75 Å². The van der Waals surface area contributed by atoms with Crippen molar-refractivity contribution in [1.29, 1.82) is 0 Å². The highest BCUT2D eigenvalue weighted by molar-refractivity contribution is 6.31. The van der Waals surface area contributed by atoms with Gasteiger partial charge < -0.3 is 25.6 Å². The third-order valence-corrected chi connectivity index (χ3v) is 10.7. The van der Waals surface area contributed by atoms with Gasteiger partial charge in [-0.2, -0.15) is 0 Å². The number of hydrogen-bond donors (Lipinski definition) is 4. The Hall–Kier alpha value is -5.48. The first-order chi connectivity index (χ1) is 26.4. The van der Waals surface area contributed by atoms with Crippen molar-refractivity contribution in [1.82, 2.24) is 30.7 Å². The van der Waals surface area contributed by atoms with Crippen LogP contribution in [0.2, 0.25) is 5.02 Å². The second-order valence-corrected chi connectivity index (χ2v) is 14.4. The monoisotopic (exact) mass is 777 g/mol. The number of para-hydroxylation sites is 1. The van der Waals surface area contributed by atoms with Crippen LogP contribution < -0.4 is 30.9 Å². The highest BCUT2D eigenvalue weighted by Gasteiger charge is 2.62. The normalized spacial score (nSPS) is 19.0. The van der Waals surface area contributed by atoms with Crippen molar-refractivity contribution in [2.45, 2.75) is 44.6 Å². The Labute approximate surface area is 320 Å². The van der Waals surface area contributed by atoms with Gasteiger partial charge >= 0.3 is 0 Å². The number of alkyl halides is 2. The van der Waals surface area contributed by atoms with E-state index in [1.54, 1.807) is 54.4 Å². The first-order valence-corrected chi connectivity index (χ1v) is 18.2. The SMILES string of the molecule is CCNC(=O)c1nnc(Nc2ccc(CN3CCC4(CN(c5ccc(Cl)c(C6CCC(=O)NC6=O)c5)C4)C(F)(F)C3)cn2)cc1Nc1cccc(F)c1OC. The van der Waals surface area contributed by atoms with Gasteiger partial charge in [-0.05, 0) is 73.8 Å². The molecule has 0 bridgehead atoms. The van der Waals surface area contributed by atoms with Crippen molar-refractivity contribution in [3.63, 3.8) is 0 Å². The molecule has 1 unspecified atom stereocenters. The van der Waals surface area contributed by atoms with Gasteiger partial charge in [0.2, 0.25) is 11.8 Å². The molecular formula is C38H39ClF3N9O4. The number of ether oxygens (including phenoxy) is 1. The quantitative estimate of drug-likeness (QED) is 0.137. The molecule has 3 amide bonds. The van der Waals surface area contributed by atoms with E-state index in [1.807, 2.05) is 4.90 Å². The molecule has 3 aliphatic rings. The molecule has 1 spiro atoms. The van der Waals surface area contributed by atoms with Crippen LogP contribution in [0.1, 0.15) is 53.7 Å². The van der Waals surface area contributed by atoms with E-state index < -0.39 is 41.4 Å². The van der Waals surface area contributed by atoms with Crippen LogP contribution in [0.25, 0.3) is 0 Å². The van der Waals surface area contributed by atoms with Crippen LogP contribution in [0.4, 0.5) is 41.9 Å². The number of anilines is 5. The number of benzene rings is 2. The van der Waals surface area contributed by atoms with Crippen LogP contribution in [0.3, 0.4) is 0 Å². The second-order valence-electron chi connectivity index (χ2n) is 14.0. The molecule has 3 fully saturated rings. The Bertz CT molecular complexity index is 2120. The van der Waals surface area contributed by atoms with Crippen molar-refractivity contribution >= 4 is 58.0 Å². The lowest BCUT2D eigenvalue weighted by atomic mass is 9.68. The van der Waals surface area contributed by atoms with Gasteiger partial charge in [0.25, 0.3) is 11.8 Å². The van der Waals surface area contributed by atoms with Gasteiger partial charge in [0.1, 0.15) is 5.82 Å². The summed E-state index contributed by atoms with van der Waals surface area (Å²) in [5, 5.41) is 19.7. The molecule has 2 aromatic carbocycles. The molecule has 1 atom stereocenters. The van der Waals surface area contributed by atoms with Crippen LogP contribution in [0.5, 0.6) is 5.75 Å². The topological polar surface area (TPSA) is 154 Å². The summed E-state index contributed by atoms with van der Waals surface area (Å²) in [4.78, 5) is 44.9. The lowest BCUT2D eigenvalue weighted by molar-refractivity contribution is -0.181. The number of rotatable bonds is 11. The molecular weight excluding hydrogens is 739 g/mol. The summed E-state index contributed by atoms with van der Waals surface area (Å²) < 4.78 is 51.3. The van der Waals surface area contributed by atoms with Gasteiger partial charge in [-0.3, -0.25) is 24.6 Å². The molecule has 4 aromatic rings. The average molecular weight is 778 g/mol. The molecule has 3 aliphatic heterocycles. The van der Waals surface area contributed by atoms with Gasteiger partial charge in [-0.25, -0.2) is 18.2 Å². The van der Waals surface area contributed by atoms with Crippen molar-refractivity contribution in [3.05, 3.63) is 88.5 Å². The number of imide groups is 1. The van der Waals surface area contributed by atoms with Crippen LogP contribution in [-0.4, -0.2) is 83.6 Å². The highest BCUT2D eigenvalue weighted by atomic mass is 35.5. The molecule has 0 aliphatic carbocycles. The van der Waals surface area contributed by atoms with Gasteiger partial charge in [-0.15, -0.1) is 10.2 Å². The zero-order valence-electron chi connectivity index (χ0n) is 30.1. The van der Waals surface area contributed by atoms with Gasteiger partial charge in [-0.1, -0.05) is 23.7 Å². The van der Waals surface area contributed by atoms with Crippen molar-refractivity contribution < 1.29 is 32.3 Å². The third-order valence-electron chi connectivity index (χ3n) is 10.3. The summed E-state index contributed by atoms with van der Waals surface area (Å²) >= 11 is 6.43. The maximum absolute atomic E-state index is 15.9. The molecule has 0 saturated carbocycles. The van der Waals surface area contributed by atoms with Crippen molar-refractivity contribution in [2.24, 2.45) is 5.41 Å². The van der Waals surface area contributed by atoms with E-state index in [2.05, 4.69) is 36.4 Å². The first-order valence-electron chi connectivity index (χ1n) is 17.8. The number of aromatic nitrogens is 3. The number of piperidine rings is 2. The molecule has 55 heavy (non-hydrogen) atoms. The Morgan fingerprint density at radius 1 is 1.04 bits per heavy atom. The molecule has 5 heterocycles. The minimum absolute atomic E-state index is 0.0133. The fraction of sp³-hybridized carbons (Fsp3) is 0.368. The molecule has 2 aromatic heterocycles. The van der Waals surface area contributed by atoms with E-state index in [-0.39, 0.29) is 60.6 Å². The predicted molar refractivity (Wildman–Crippen MR) is 200 cm³/mol. The zero-order chi connectivity index (χ0) is 38.9. The van der Waals surface area contributed by atoms with Crippen LogP contribution in [0, 0.1) is 11.2 Å². The van der Waals surface area contributed by atoms with E-state index in [1.165, 1.54) is 25.3 Å². The lowest BCUT2D eigenvalue weighted by Gasteiger charge is -2.58. The lowest BCUT2D eigenvalue weighted by Crippen LogP contribution is -2.70. The van der Waals surface area contributed by atoms with Gasteiger partial charge in [0, 0.05) is 55.6 Å². The Kier molecular flexibility index (Phi) is 10.5. The van der Waals surface area contributed by atoms with Gasteiger partial charge in [0.15, 0.2) is 23.1 Å². The van der Waals surface area contributed by atoms with Crippen LogP contribution in [-0.2, 0) is 16.1 Å². The predicted octanol–water partition coefficient (Wildman–Crippen LogP) is 5.78. The summed E-state index contributed by atoms with van der Waals surface area (Å²) in [6.07, 6.45) is 2.46. The number of carbonyl (C=O) groups is 3. The van der Waals surface area contributed by atoms with E-state index in [0.717, 1.165) is 11.3 Å². The Morgan fingerprint density at radius 2 is 1.85 bits per heavy atom. The number of nitrogens with zero attached hydrogens (tertiary/aromatic N) is 5. The van der Waals surface area contributed by atoms with E-state index in [9.17, 15) is 18.8 Å². The van der Waals surface area contributed by atoms with E-state index >= 15 is 8.78 Å². The fourth-order valence-electron chi connectivity index (χ4n) is 7.36. The van der Waals surface area contributed by atoms with Crippen molar-refractivity contribution in [2.75, 3.05) is 55.4 Å². The maximum Gasteiger partial charge on any atom is 0.273 e. The number of methoxy groups -OCH3 is 1. The highest BCUT2D eigenvalue weighted by Crippen LogP contribution is 2.52. The van der Waals surface area contributed by atoms with E-state index in [4.69, 9.17) is 16.3 Å². The number of carbonyl (C=O) groups excluding carboxylic acids is 3. The zero-order valence-corrected chi connectivity index (χ0v) is 30.9. The average Bonchev–Trinajstić information content (AvgIpc) is 3.12.